The van der Waals surface area contributed by atoms with Crippen LogP contribution in [-0.4, -0.2) is 36.6 Å². The molecule has 0 aliphatic carbocycles. The zero-order chi connectivity index (χ0) is 13.8. The summed E-state index contributed by atoms with van der Waals surface area (Å²) in [4.78, 5) is 14.4. The van der Waals surface area contributed by atoms with E-state index >= 15 is 0 Å². The highest BCUT2D eigenvalue weighted by Gasteiger charge is 2.23. The summed E-state index contributed by atoms with van der Waals surface area (Å²) in [6.07, 6.45) is 2.36. The van der Waals surface area contributed by atoms with Crippen molar-refractivity contribution < 1.29 is 9.53 Å². The predicted octanol–water partition coefficient (Wildman–Crippen LogP) is 3.40. The van der Waals surface area contributed by atoms with Crippen LogP contribution in [0.1, 0.15) is 35.7 Å². The van der Waals surface area contributed by atoms with Crippen molar-refractivity contribution in [3.8, 4) is 0 Å². The molecule has 1 fully saturated rings. The van der Waals surface area contributed by atoms with Gasteiger partial charge in [-0.2, -0.15) is 0 Å². The van der Waals surface area contributed by atoms with Crippen LogP contribution in [0.5, 0.6) is 0 Å². The number of amides is 1. The van der Waals surface area contributed by atoms with Crippen molar-refractivity contribution in [1.82, 2.24) is 4.90 Å². The van der Waals surface area contributed by atoms with E-state index in [1.165, 1.54) is 0 Å². The van der Waals surface area contributed by atoms with Crippen LogP contribution < -0.4 is 0 Å². The highest BCUT2D eigenvalue weighted by Crippen LogP contribution is 2.21. The molecule has 0 saturated carbocycles. The van der Waals surface area contributed by atoms with Gasteiger partial charge in [-0.15, -0.1) is 0 Å². The van der Waals surface area contributed by atoms with Crippen LogP contribution in [0.4, 0.5) is 0 Å². The summed E-state index contributed by atoms with van der Waals surface area (Å²) in [7, 11) is 0. The molecule has 1 heterocycles. The van der Waals surface area contributed by atoms with Gasteiger partial charge in [0.1, 0.15) is 0 Å². The van der Waals surface area contributed by atoms with E-state index < -0.39 is 0 Å². The second-order valence-electron chi connectivity index (χ2n) is 4.96. The zero-order valence-corrected chi connectivity index (χ0v) is 13.1. The number of likely N-dealkylation sites (N-methyl/N-ethyl adjacent to an activating group) is 1. The van der Waals surface area contributed by atoms with Crippen LogP contribution in [0, 0.1) is 6.92 Å². The number of aryl methyl sites for hydroxylation is 1. The van der Waals surface area contributed by atoms with E-state index in [1.807, 2.05) is 36.9 Å². The molecule has 19 heavy (non-hydrogen) atoms. The van der Waals surface area contributed by atoms with E-state index in [-0.39, 0.29) is 12.0 Å². The summed E-state index contributed by atoms with van der Waals surface area (Å²) in [6, 6.07) is 5.84. The minimum Gasteiger partial charge on any atom is -0.376 e. The first-order valence-corrected chi connectivity index (χ1v) is 7.58. The van der Waals surface area contributed by atoms with Crippen molar-refractivity contribution in [2.75, 3.05) is 19.7 Å². The monoisotopic (exact) mass is 325 g/mol. The van der Waals surface area contributed by atoms with Crippen molar-refractivity contribution in [1.29, 1.82) is 0 Å². The third-order valence-corrected chi connectivity index (χ3v) is 4.13. The Balaban J connectivity index is 2.10. The summed E-state index contributed by atoms with van der Waals surface area (Å²) in [5.74, 6) is 0.0740. The first-order chi connectivity index (χ1) is 9.11. The van der Waals surface area contributed by atoms with Crippen LogP contribution in [0.2, 0.25) is 0 Å². The van der Waals surface area contributed by atoms with E-state index in [9.17, 15) is 4.79 Å². The summed E-state index contributed by atoms with van der Waals surface area (Å²) in [5, 5.41) is 0. The molecule has 0 N–H and O–H groups in total. The van der Waals surface area contributed by atoms with Gasteiger partial charge in [0.25, 0.3) is 5.91 Å². The quantitative estimate of drug-likeness (QED) is 0.849. The molecule has 1 aromatic carbocycles. The number of halogens is 1. The highest BCUT2D eigenvalue weighted by atomic mass is 79.9. The van der Waals surface area contributed by atoms with Crippen molar-refractivity contribution in [3.05, 3.63) is 33.8 Å². The minimum atomic E-state index is 0.0740. The molecule has 0 radical (unpaired) electrons. The second-order valence-corrected chi connectivity index (χ2v) is 5.82. The van der Waals surface area contributed by atoms with Crippen molar-refractivity contribution in [2.24, 2.45) is 0 Å². The molecule has 1 aliphatic heterocycles. The maximum Gasteiger partial charge on any atom is 0.255 e. The Hall–Kier alpha value is -0.870. The number of carbonyl (C=O) groups excluding carboxylic acids is 1. The lowest BCUT2D eigenvalue weighted by atomic mass is 10.1. The van der Waals surface area contributed by atoms with E-state index in [0.717, 1.165) is 35.0 Å². The van der Waals surface area contributed by atoms with E-state index in [1.54, 1.807) is 0 Å². The maximum absolute atomic E-state index is 12.5. The van der Waals surface area contributed by atoms with Crippen molar-refractivity contribution >= 4 is 21.8 Å². The average Bonchev–Trinajstić information content (AvgIpc) is 2.88. The zero-order valence-electron chi connectivity index (χ0n) is 11.5. The van der Waals surface area contributed by atoms with Gasteiger partial charge < -0.3 is 9.64 Å². The van der Waals surface area contributed by atoms with Gasteiger partial charge in [0.2, 0.25) is 0 Å². The van der Waals surface area contributed by atoms with E-state index in [0.29, 0.717) is 13.1 Å². The molecule has 0 spiro atoms. The lowest BCUT2D eigenvalue weighted by Crippen LogP contribution is -2.37. The van der Waals surface area contributed by atoms with Gasteiger partial charge in [0.15, 0.2) is 0 Å². The fourth-order valence-electron chi connectivity index (χ4n) is 2.35. The lowest BCUT2D eigenvalue weighted by Gasteiger charge is -2.24. The standard InChI is InChI=1S/C15H20BrNO2/c1-3-17(10-12-5-4-8-19-12)15(18)13-7-6-11(2)9-14(13)16/h6-7,9,12H,3-5,8,10H2,1-2H3. The molecule has 2 rings (SSSR count). The van der Waals surface area contributed by atoms with Crippen molar-refractivity contribution in [3.63, 3.8) is 0 Å². The molecular weight excluding hydrogens is 306 g/mol. The molecule has 1 amide bonds. The first kappa shape index (κ1) is 14.5. The fourth-order valence-corrected chi connectivity index (χ4v) is 3.02. The largest absolute Gasteiger partial charge is 0.376 e. The van der Waals surface area contributed by atoms with Gasteiger partial charge >= 0.3 is 0 Å². The molecule has 104 valence electrons. The average molecular weight is 326 g/mol. The molecule has 0 aromatic heterocycles. The Labute approximate surface area is 123 Å². The smallest absolute Gasteiger partial charge is 0.255 e. The van der Waals surface area contributed by atoms with Gasteiger partial charge in [-0.05, 0) is 60.3 Å². The molecule has 1 saturated heterocycles. The molecule has 1 atom stereocenters. The maximum atomic E-state index is 12.5. The lowest BCUT2D eigenvalue weighted by molar-refractivity contribution is 0.0538. The number of nitrogens with zero attached hydrogens (tertiary/aromatic N) is 1. The Morgan fingerprint density at radius 3 is 2.89 bits per heavy atom. The van der Waals surface area contributed by atoms with Crippen LogP contribution in [-0.2, 0) is 4.74 Å². The number of rotatable bonds is 4. The molecule has 3 nitrogen and oxygen atoms in total. The number of carbonyl (C=O) groups is 1. The molecule has 1 aliphatic rings. The van der Waals surface area contributed by atoms with E-state index in [4.69, 9.17) is 4.74 Å². The summed E-state index contributed by atoms with van der Waals surface area (Å²) >= 11 is 3.48. The Bertz CT molecular complexity index is 455. The Morgan fingerprint density at radius 2 is 2.32 bits per heavy atom. The third-order valence-electron chi connectivity index (χ3n) is 3.47. The van der Waals surface area contributed by atoms with Crippen LogP contribution in [0.15, 0.2) is 22.7 Å². The van der Waals surface area contributed by atoms with Gasteiger partial charge in [-0.3, -0.25) is 4.79 Å². The normalized spacial score (nSPS) is 18.6. The topological polar surface area (TPSA) is 29.5 Å². The van der Waals surface area contributed by atoms with Gasteiger partial charge in [0.05, 0.1) is 11.7 Å². The van der Waals surface area contributed by atoms with E-state index in [2.05, 4.69) is 15.9 Å². The number of ether oxygens (including phenoxy) is 1. The first-order valence-electron chi connectivity index (χ1n) is 6.79. The summed E-state index contributed by atoms with van der Waals surface area (Å²) in [6.45, 7) is 6.25. The molecule has 1 aromatic rings. The number of hydrogen-bond acceptors (Lipinski definition) is 2. The van der Waals surface area contributed by atoms with Crippen molar-refractivity contribution in [2.45, 2.75) is 32.8 Å². The molecule has 1 unspecified atom stereocenters. The molecule has 4 heteroatoms. The third kappa shape index (κ3) is 3.57. The number of benzene rings is 1. The molecule has 0 bridgehead atoms. The highest BCUT2D eigenvalue weighted by molar-refractivity contribution is 9.10. The Kier molecular flexibility index (Phi) is 4.99. The SMILES string of the molecule is CCN(CC1CCCO1)C(=O)c1ccc(C)cc1Br. The van der Waals surface area contributed by atoms with Crippen LogP contribution >= 0.6 is 15.9 Å². The summed E-state index contributed by atoms with van der Waals surface area (Å²) < 4.78 is 6.48. The van der Waals surface area contributed by atoms with Gasteiger partial charge in [-0.25, -0.2) is 0 Å². The van der Waals surface area contributed by atoms with Crippen LogP contribution in [0.25, 0.3) is 0 Å². The number of hydrogen-bond donors (Lipinski definition) is 0. The second kappa shape index (κ2) is 6.53. The predicted molar refractivity (Wildman–Crippen MR) is 79.4 cm³/mol. The minimum absolute atomic E-state index is 0.0740. The van der Waals surface area contributed by atoms with Crippen LogP contribution in [0.3, 0.4) is 0 Å². The summed E-state index contributed by atoms with van der Waals surface area (Å²) in [5.41, 5.74) is 1.87. The van der Waals surface area contributed by atoms with Gasteiger partial charge in [-0.1, -0.05) is 6.07 Å². The fraction of sp³-hybridized carbons (Fsp3) is 0.533. The molecular formula is C15H20BrNO2. The van der Waals surface area contributed by atoms with Gasteiger partial charge in [0, 0.05) is 24.2 Å². The Morgan fingerprint density at radius 1 is 1.53 bits per heavy atom.